The molecular weight excluding hydrogens is 218 g/mol. The fourth-order valence-corrected chi connectivity index (χ4v) is 2.54. The Morgan fingerprint density at radius 1 is 1.62 bits per heavy atom. The molecule has 0 radical (unpaired) electrons. The Hall–Kier alpha value is -0.170. The summed E-state index contributed by atoms with van der Waals surface area (Å²) in [4.78, 5) is 0. The van der Waals surface area contributed by atoms with Gasteiger partial charge in [0.2, 0.25) is 0 Å². The maximum absolute atomic E-state index is 5.82. The standard InChI is InChI=1S/C13H23NOS/c1-4-9-16-10-7-14-12-6-8-15-13(3,5-2)11-12/h1,12,14H,5-11H2,2-3H3. The average molecular weight is 241 g/mol. The van der Waals surface area contributed by atoms with E-state index in [9.17, 15) is 0 Å². The van der Waals surface area contributed by atoms with E-state index in [-0.39, 0.29) is 5.60 Å². The van der Waals surface area contributed by atoms with Gasteiger partial charge in [0.25, 0.3) is 0 Å². The molecule has 3 heteroatoms. The zero-order valence-corrected chi connectivity index (χ0v) is 11.2. The van der Waals surface area contributed by atoms with Crippen LogP contribution in [-0.4, -0.2) is 36.3 Å². The van der Waals surface area contributed by atoms with Gasteiger partial charge in [-0.1, -0.05) is 12.8 Å². The third kappa shape index (κ3) is 4.78. The summed E-state index contributed by atoms with van der Waals surface area (Å²) in [5.41, 5.74) is 0.0852. The number of ether oxygens (including phenoxy) is 1. The molecule has 16 heavy (non-hydrogen) atoms. The van der Waals surface area contributed by atoms with E-state index in [2.05, 4.69) is 25.1 Å². The molecule has 1 aliphatic heterocycles. The van der Waals surface area contributed by atoms with E-state index in [1.807, 2.05) is 11.8 Å². The van der Waals surface area contributed by atoms with Crippen molar-refractivity contribution in [1.82, 2.24) is 5.32 Å². The lowest BCUT2D eigenvalue weighted by molar-refractivity contribution is -0.0776. The number of hydrogen-bond donors (Lipinski definition) is 1. The van der Waals surface area contributed by atoms with Gasteiger partial charge in [0, 0.05) is 24.9 Å². The number of nitrogens with one attached hydrogen (secondary N) is 1. The summed E-state index contributed by atoms with van der Waals surface area (Å²) in [5, 5.41) is 3.60. The van der Waals surface area contributed by atoms with Crippen molar-refractivity contribution in [3.63, 3.8) is 0 Å². The van der Waals surface area contributed by atoms with E-state index in [1.165, 1.54) is 0 Å². The van der Waals surface area contributed by atoms with Gasteiger partial charge in [-0.2, -0.15) is 0 Å². The summed E-state index contributed by atoms with van der Waals surface area (Å²) in [5.74, 6) is 4.57. The van der Waals surface area contributed by atoms with Crippen LogP contribution in [0.3, 0.4) is 0 Å². The van der Waals surface area contributed by atoms with Crippen LogP contribution in [-0.2, 0) is 4.74 Å². The topological polar surface area (TPSA) is 21.3 Å². The third-order valence-electron chi connectivity index (χ3n) is 3.21. The van der Waals surface area contributed by atoms with Gasteiger partial charge >= 0.3 is 0 Å². The average Bonchev–Trinajstić information content (AvgIpc) is 2.29. The second kappa shape index (κ2) is 7.21. The maximum atomic E-state index is 5.82. The number of thioether (sulfide) groups is 1. The summed E-state index contributed by atoms with van der Waals surface area (Å²) < 4.78 is 5.82. The van der Waals surface area contributed by atoms with Gasteiger partial charge in [0.1, 0.15) is 0 Å². The normalized spacial score (nSPS) is 29.9. The maximum Gasteiger partial charge on any atom is 0.0666 e. The van der Waals surface area contributed by atoms with Crippen LogP contribution in [0, 0.1) is 12.3 Å². The van der Waals surface area contributed by atoms with Crippen LogP contribution in [0.5, 0.6) is 0 Å². The Balaban J connectivity index is 2.15. The molecule has 0 saturated carbocycles. The van der Waals surface area contributed by atoms with Crippen LogP contribution in [0.15, 0.2) is 0 Å². The van der Waals surface area contributed by atoms with E-state index in [1.54, 1.807) is 0 Å². The second-order valence-corrected chi connectivity index (χ2v) is 5.66. The van der Waals surface area contributed by atoms with E-state index in [4.69, 9.17) is 11.2 Å². The van der Waals surface area contributed by atoms with E-state index < -0.39 is 0 Å². The molecule has 1 aliphatic rings. The van der Waals surface area contributed by atoms with Crippen LogP contribution in [0.2, 0.25) is 0 Å². The lowest BCUT2D eigenvalue weighted by Crippen LogP contribution is -2.45. The minimum Gasteiger partial charge on any atom is -0.375 e. The summed E-state index contributed by atoms with van der Waals surface area (Å²) in [7, 11) is 0. The van der Waals surface area contributed by atoms with Crippen molar-refractivity contribution in [2.75, 3.05) is 24.7 Å². The third-order valence-corrected chi connectivity index (χ3v) is 4.07. The Labute approximate surface area is 104 Å². The van der Waals surface area contributed by atoms with Gasteiger partial charge in [-0.05, 0) is 26.2 Å². The smallest absolute Gasteiger partial charge is 0.0666 e. The zero-order chi connectivity index (χ0) is 11.9. The molecule has 1 fully saturated rings. The first-order valence-electron chi connectivity index (χ1n) is 6.09. The van der Waals surface area contributed by atoms with Gasteiger partial charge in [0.05, 0.1) is 11.4 Å². The van der Waals surface area contributed by atoms with Gasteiger partial charge in [-0.15, -0.1) is 18.2 Å². The minimum atomic E-state index is 0.0852. The summed E-state index contributed by atoms with van der Waals surface area (Å²) in [6.45, 7) is 6.36. The molecule has 0 aromatic heterocycles. The molecule has 2 unspecified atom stereocenters. The summed E-state index contributed by atoms with van der Waals surface area (Å²) in [6, 6.07) is 0.616. The molecule has 1 N–H and O–H groups in total. The molecular formula is C13H23NOS. The zero-order valence-electron chi connectivity index (χ0n) is 10.4. The van der Waals surface area contributed by atoms with Crippen LogP contribution >= 0.6 is 11.8 Å². The molecule has 92 valence electrons. The van der Waals surface area contributed by atoms with Gasteiger partial charge in [-0.25, -0.2) is 0 Å². The van der Waals surface area contributed by atoms with Gasteiger partial charge in [-0.3, -0.25) is 0 Å². The number of rotatable bonds is 6. The minimum absolute atomic E-state index is 0.0852. The highest BCUT2D eigenvalue weighted by atomic mass is 32.2. The second-order valence-electron chi connectivity index (χ2n) is 4.55. The monoisotopic (exact) mass is 241 g/mol. The first-order chi connectivity index (χ1) is 7.70. The Bertz CT molecular complexity index is 239. The highest BCUT2D eigenvalue weighted by Gasteiger charge is 2.30. The van der Waals surface area contributed by atoms with E-state index >= 15 is 0 Å². The lowest BCUT2D eigenvalue weighted by atomic mass is 9.90. The van der Waals surface area contributed by atoms with Crippen LogP contribution in [0.1, 0.15) is 33.1 Å². The first kappa shape index (κ1) is 13.9. The summed E-state index contributed by atoms with van der Waals surface area (Å²) in [6.07, 6.45) is 8.56. The van der Waals surface area contributed by atoms with E-state index in [0.717, 1.165) is 43.9 Å². The summed E-state index contributed by atoms with van der Waals surface area (Å²) >= 11 is 1.82. The fourth-order valence-electron chi connectivity index (χ4n) is 2.02. The van der Waals surface area contributed by atoms with Crippen molar-refractivity contribution in [2.24, 2.45) is 0 Å². The van der Waals surface area contributed by atoms with Crippen molar-refractivity contribution < 1.29 is 4.74 Å². The van der Waals surface area contributed by atoms with Crippen molar-refractivity contribution in [3.05, 3.63) is 0 Å². The highest BCUT2D eigenvalue weighted by Crippen LogP contribution is 2.27. The van der Waals surface area contributed by atoms with Gasteiger partial charge in [0.15, 0.2) is 0 Å². The SMILES string of the molecule is C#CCSCCNC1CCOC(C)(CC)C1. The quantitative estimate of drug-likeness (QED) is 0.569. The number of hydrogen-bond acceptors (Lipinski definition) is 3. The molecule has 2 nitrogen and oxygen atoms in total. The molecule has 0 aromatic rings. The Morgan fingerprint density at radius 2 is 2.44 bits per heavy atom. The lowest BCUT2D eigenvalue weighted by Gasteiger charge is -2.38. The van der Waals surface area contributed by atoms with Crippen molar-refractivity contribution >= 4 is 11.8 Å². The predicted molar refractivity (Wildman–Crippen MR) is 71.8 cm³/mol. The molecule has 0 aromatic carbocycles. The molecule has 0 amide bonds. The van der Waals surface area contributed by atoms with Crippen molar-refractivity contribution in [3.8, 4) is 12.3 Å². The molecule has 2 atom stereocenters. The molecule has 0 bridgehead atoms. The molecule has 1 heterocycles. The van der Waals surface area contributed by atoms with Crippen molar-refractivity contribution in [1.29, 1.82) is 0 Å². The fraction of sp³-hybridized carbons (Fsp3) is 0.846. The largest absolute Gasteiger partial charge is 0.375 e. The van der Waals surface area contributed by atoms with Crippen LogP contribution < -0.4 is 5.32 Å². The molecule has 0 spiro atoms. The number of terminal acetylenes is 1. The van der Waals surface area contributed by atoms with E-state index in [0.29, 0.717) is 6.04 Å². The predicted octanol–water partition coefficient (Wildman–Crippen LogP) is 2.29. The molecule has 1 rings (SSSR count). The Morgan fingerprint density at radius 3 is 3.12 bits per heavy atom. The van der Waals surface area contributed by atoms with Crippen LogP contribution in [0.4, 0.5) is 0 Å². The first-order valence-corrected chi connectivity index (χ1v) is 7.24. The molecule has 0 aliphatic carbocycles. The van der Waals surface area contributed by atoms with Gasteiger partial charge < -0.3 is 10.1 Å². The molecule has 1 saturated heterocycles. The Kier molecular flexibility index (Phi) is 6.26. The van der Waals surface area contributed by atoms with Crippen molar-refractivity contribution in [2.45, 2.75) is 44.8 Å². The highest BCUT2D eigenvalue weighted by molar-refractivity contribution is 7.99. The van der Waals surface area contributed by atoms with Crippen LogP contribution in [0.25, 0.3) is 0 Å².